The summed E-state index contributed by atoms with van der Waals surface area (Å²) in [6.07, 6.45) is 1.45. The summed E-state index contributed by atoms with van der Waals surface area (Å²) >= 11 is 0. The Bertz CT molecular complexity index is 997. The van der Waals surface area contributed by atoms with Gasteiger partial charge in [-0.15, -0.1) is 0 Å². The number of amides is 1. The lowest BCUT2D eigenvalue weighted by molar-refractivity contribution is 0.0950. The highest BCUT2D eigenvalue weighted by atomic mass is 16.5. The van der Waals surface area contributed by atoms with Crippen molar-refractivity contribution in [2.24, 2.45) is 5.10 Å². The van der Waals surface area contributed by atoms with Crippen LogP contribution in [0.25, 0.3) is 11.3 Å². The molecule has 0 bridgehead atoms. The van der Waals surface area contributed by atoms with Crippen LogP contribution in [0.15, 0.2) is 53.6 Å². The number of methoxy groups -OCH3 is 1. The Morgan fingerprint density at radius 2 is 2.14 bits per heavy atom. The Morgan fingerprint density at radius 3 is 2.93 bits per heavy atom. The summed E-state index contributed by atoms with van der Waals surface area (Å²) < 4.78 is 10.5. The number of phenolic OH excluding ortho intramolecular Hbond substituents is 1. The van der Waals surface area contributed by atoms with Gasteiger partial charge in [0.05, 0.1) is 25.6 Å². The van der Waals surface area contributed by atoms with E-state index in [4.69, 9.17) is 9.47 Å². The van der Waals surface area contributed by atoms with E-state index >= 15 is 0 Å². The summed E-state index contributed by atoms with van der Waals surface area (Å²) in [6.45, 7) is 2.49. The van der Waals surface area contributed by atoms with Crippen LogP contribution in [0.4, 0.5) is 0 Å². The van der Waals surface area contributed by atoms with Crippen LogP contribution in [0.5, 0.6) is 17.2 Å². The summed E-state index contributed by atoms with van der Waals surface area (Å²) in [4.78, 5) is 12.2. The molecule has 2 aromatic carbocycles. The first-order valence-electron chi connectivity index (χ1n) is 8.59. The number of hydrazone groups is 1. The molecule has 0 aliphatic rings. The molecule has 3 rings (SSSR count). The highest BCUT2D eigenvalue weighted by molar-refractivity contribution is 5.94. The van der Waals surface area contributed by atoms with Gasteiger partial charge in [0.2, 0.25) is 0 Å². The maximum absolute atomic E-state index is 12.2. The highest BCUT2D eigenvalue weighted by Gasteiger charge is 2.11. The molecular weight excluding hydrogens is 360 g/mol. The first-order chi connectivity index (χ1) is 13.6. The first kappa shape index (κ1) is 19.0. The van der Waals surface area contributed by atoms with Crippen molar-refractivity contribution in [2.45, 2.75) is 6.92 Å². The van der Waals surface area contributed by atoms with Gasteiger partial charge in [0.1, 0.15) is 11.4 Å². The number of nitrogens with one attached hydrogen (secondary N) is 2. The molecule has 1 amide bonds. The molecule has 8 heteroatoms. The van der Waals surface area contributed by atoms with E-state index < -0.39 is 5.91 Å². The number of rotatable bonds is 7. The van der Waals surface area contributed by atoms with Crippen molar-refractivity contribution in [1.29, 1.82) is 0 Å². The molecule has 0 saturated heterocycles. The minimum Gasteiger partial charge on any atom is -0.504 e. The number of benzene rings is 2. The van der Waals surface area contributed by atoms with Crippen LogP contribution >= 0.6 is 0 Å². The molecule has 0 radical (unpaired) electrons. The Labute approximate surface area is 161 Å². The van der Waals surface area contributed by atoms with Gasteiger partial charge in [-0.05, 0) is 48.9 Å². The van der Waals surface area contributed by atoms with E-state index in [0.29, 0.717) is 23.6 Å². The fourth-order valence-electron chi connectivity index (χ4n) is 2.50. The Hall–Kier alpha value is -3.81. The van der Waals surface area contributed by atoms with Gasteiger partial charge in [0.25, 0.3) is 5.91 Å². The van der Waals surface area contributed by atoms with E-state index in [0.717, 1.165) is 11.3 Å². The van der Waals surface area contributed by atoms with Crippen LogP contribution in [0.1, 0.15) is 23.0 Å². The number of carbonyl (C=O) groups is 1. The molecule has 0 saturated carbocycles. The number of hydrogen-bond acceptors (Lipinski definition) is 6. The number of aromatic amines is 1. The van der Waals surface area contributed by atoms with Gasteiger partial charge in [-0.2, -0.15) is 10.2 Å². The second-order valence-corrected chi connectivity index (χ2v) is 5.76. The monoisotopic (exact) mass is 380 g/mol. The molecule has 3 aromatic rings. The van der Waals surface area contributed by atoms with E-state index in [2.05, 4.69) is 20.7 Å². The second-order valence-electron chi connectivity index (χ2n) is 5.76. The lowest BCUT2D eigenvalue weighted by atomic mass is 10.1. The fourth-order valence-corrected chi connectivity index (χ4v) is 2.50. The molecule has 0 fully saturated rings. The molecule has 28 heavy (non-hydrogen) atoms. The predicted molar refractivity (Wildman–Crippen MR) is 105 cm³/mol. The zero-order valence-electron chi connectivity index (χ0n) is 15.5. The fraction of sp³-hybridized carbons (Fsp3) is 0.150. The van der Waals surface area contributed by atoms with E-state index in [1.54, 1.807) is 18.2 Å². The zero-order chi connectivity index (χ0) is 19.9. The third kappa shape index (κ3) is 4.47. The van der Waals surface area contributed by atoms with Gasteiger partial charge < -0.3 is 14.6 Å². The largest absolute Gasteiger partial charge is 0.504 e. The van der Waals surface area contributed by atoms with Crippen LogP contribution in [0.2, 0.25) is 0 Å². The summed E-state index contributed by atoms with van der Waals surface area (Å²) in [7, 11) is 1.46. The molecule has 0 unspecified atom stereocenters. The molecule has 3 N–H and O–H groups in total. The van der Waals surface area contributed by atoms with E-state index in [1.165, 1.54) is 19.4 Å². The van der Waals surface area contributed by atoms with Gasteiger partial charge in [-0.25, -0.2) is 5.43 Å². The van der Waals surface area contributed by atoms with Gasteiger partial charge >= 0.3 is 0 Å². The van der Waals surface area contributed by atoms with Crippen molar-refractivity contribution in [1.82, 2.24) is 15.6 Å². The van der Waals surface area contributed by atoms with Crippen LogP contribution in [-0.4, -0.2) is 41.1 Å². The molecule has 0 atom stereocenters. The smallest absolute Gasteiger partial charge is 0.289 e. The van der Waals surface area contributed by atoms with Gasteiger partial charge in [0.15, 0.2) is 11.5 Å². The number of nitrogens with zero attached hydrogens (tertiary/aromatic N) is 2. The zero-order valence-corrected chi connectivity index (χ0v) is 15.5. The molecule has 0 spiro atoms. The van der Waals surface area contributed by atoms with E-state index in [9.17, 15) is 9.90 Å². The first-order valence-corrected chi connectivity index (χ1v) is 8.59. The van der Waals surface area contributed by atoms with E-state index in [1.807, 2.05) is 31.2 Å². The lowest BCUT2D eigenvalue weighted by Gasteiger charge is -2.03. The van der Waals surface area contributed by atoms with Crippen molar-refractivity contribution in [2.75, 3.05) is 13.7 Å². The molecule has 0 aliphatic carbocycles. The van der Waals surface area contributed by atoms with E-state index in [-0.39, 0.29) is 11.4 Å². The number of hydrogen-bond donors (Lipinski definition) is 3. The number of H-pyrrole nitrogens is 1. The van der Waals surface area contributed by atoms with Crippen LogP contribution in [0.3, 0.4) is 0 Å². The minimum absolute atomic E-state index is 0.0297. The lowest BCUT2D eigenvalue weighted by Crippen LogP contribution is -2.18. The van der Waals surface area contributed by atoms with Crippen molar-refractivity contribution >= 4 is 12.1 Å². The highest BCUT2D eigenvalue weighted by Crippen LogP contribution is 2.25. The molecule has 8 nitrogen and oxygen atoms in total. The van der Waals surface area contributed by atoms with Crippen LogP contribution in [-0.2, 0) is 0 Å². The van der Waals surface area contributed by atoms with Crippen LogP contribution < -0.4 is 14.9 Å². The summed E-state index contributed by atoms with van der Waals surface area (Å²) in [5, 5.41) is 20.4. The summed E-state index contributed by atoms with van der Waals surface area (Å²) in [5.74, 6) is 0.662. The number of ether oxygens (including phenoxy) is 2. The Balaban J connectivity index is 1.66. The predicted octanol–water partition coefficient (Wildman–Crippen LogP) is 2.95. The minimum atomic E-state index is -0.429. The van der Waals surface area contributed by atoms with Crippen LogP contribution in [0, 0.1) is 0 Å². The molecule has 1 heterocycles. The average molecular weight is 380 g/mol. The number of phenols is 1. The Morgan fingerprint density at radius 1 is 1.29 bits per heavy atom. The third-order valence-corrected chi connectivity index (χ3v) is 3.85. The standard InChI is InChI=1S/C20H20N4O4/c1-3-28-15-6-4-5-14(10-15)16-11-17(23-22-16)20(26)24-21-12-13-7-8-18(25)19(9-13)27-2/h4-12,25H,3H2,1-2H3,(H,22,23)(H,24,26)/b21-12-. The topological polar surface area (TPSA) is 109 Å². The number of aromatic hydroxyl groups is 1. The SMILES string of the molecule is CCOc1cccc(-c2cc(C(=O)N/N=C\c3ccc(O)c(OC)c3)[nH]n2)c1. The van der Waals surface area contributed by atoms with Gasteiger partial charge in [0, 0.05) is 5.56 Å². The molecular formula is C20H20N4O4. The van der Waals surface area contributed by atoms with Crippen molar-refractivity contribution in [3.05, 3.63) is 59.8 Å². The summed E-state index contributed by atoms with van der Waals surface area (Å²) in [6, 6.07) is 13.8. The third-order valence-electron chi connectivity index (χ3n) is 3.85. The summed E-state index contributed by atoms with van der Waals surface area (Å²) in [5.41, 5.74) is 4.82. The molecule has 144 valence electrons. The average Bonchev–Trinajstić information content (AvgIpc) is 3.20. The Kier molecular flexibility index (Phi) is 5.91. The van der Waals surface area contributed by atoms with Gasteiger partial charge in [-0.3, -0.25) is 9.89 Å². The van der Waals surface area contributed by atoms with Gasteiger partial charge in [-0.1, -0.05) is 12.1 Å². The normalized spacial score (nSPS) is 10.8. The van der Waals surface area contributed by atoms with Crippen molar-refractivity contribution in [3.8, 4) is 28.5 Å². The molecule has 0 aliphatic heterocycles. The number of aromatic nitrogens is 2. The molecule has 1 aromatic heterocycles. The second kappa shape index (κ2) is 8.72. The maximum Gasteiger partial charge on any atom is 0.289 e. The van der Waals surface area contributed by atoms with Crippen molar-refractivity contribution < 1.29 is 19.4 Å². The van der Waals surface area contributed by atoms with Crippen molar-refractivity contribution in [3.63, 3.8) is 0 Å². The quantitative estimate of drug-likeness (QED) is 0.431. The maximum atomic E-state index is 12.2. The number of carbonyl (C=O) groups excluding carboxylic acids is 1.